The smallest absolute Gasteiger partial charge is 0.254 e. The zero-order valence-electron chi connectivity index (χ0n) is 17.9. The van der Waals surface area contributed by atoms with Crippen LogP contribution in [0.5, 0.6) is 5.75 Å². The molecule has 1 saturated heterocycles. The molecule has 2 aromatic heterocycles. The number of aromatic nitrogens is 2. The molecular weight excluding hydrogens is 435 g/mol. The van der Waals surface area contributed by atoms with Gasteiger partial charge in [-0.05, 0) is 55.5 Å². The number of likely N-dealkylation sites (tertiary alicyclic amines) is 1. The quantitative estimate of drug-likeness (QED) is 0.611. The lowest BCUT2D eigenvalue weighted by atomic mass is 9.92. The van der Waals surface area contributed by atoms with Gasteiger partial charge in [-0.2, -0.15) is 0 Å². The molecule has 0 saturated carbocycles. The van der Waals surface area contributed by atoms with Crippen LogP contribution in [-0.2, 0) is 6.61 Å². The van der Waals surface area contributed by atoms with Gasteiger partial charge >= 0.3 is 0 Å². The Bertz CT molecular complexity index is 1020. The SMILES string of the molecule is Cc1ccc2nc(COc3cccc(C(=O)N4CCC(C)CC4CN)c3)cn2c1.Cl.Cl. The molecule has 3 aromatic rings. The minimum atomic E-state index is 0. The van der Waals surface area contributed by atoms with E-state index >= 15 is 0 Å². The van der Waals surface area contributed by atoms with Crippen molar-refractivity contribution in [3.63, 3.8) is 0 Å². The molecule has 4 rings (SSSR count). The minimum Gasteiger partial charge on any atom is -0.487 e. The van der Waals surface area contributed by atoms with Crippen LogP contribution >= 0.6 is 24.8 Å². The first kappa shape index (κ1) is 25.0. The van der Waals surface area contributed by atoms with Crippen molar-refractivity contribution < 1.29 is 9.53 Å². The Morgan fingerprint density at radius 2 is 2.03 bits per heavy atom. The van der Waals surface area contributed by atoms with Gasteiger partial charge in [0.2, 0.25) is 0 Å². The highest BCUT2D eigenvalue weighted by Gasteiger charge is 2.29. The van der Waals surface area contributed by atoms with E-state index < -0.39 is 0 Å². The summed E-state index contributed by atoms with van der Waals surface area (Å²) >= 11 is 0. The van der Waals surface area contributed by atoms with Crippen molar-refractivity contribution in [2.45, 2.75) is 39.3 Å². The van der Waals surface area contributed by atoms with E-state index in [9.17, 15) is 4.79 Å². The van der Waals surface area contributed by atoms with Gasteiger partial charge in [0.25, 0.3) is 5.91 Å². The molecule has 0 aliphatic carbocycles. The number of imidazole rings is 1. The van der Waals surface area contributed by atoms with Crippen molar-refractivity contribution in [2.24, 2.45) is 11.7 Å². The van der Waals surface area contributed by atoms with Crippen LogP contribution in [0.3, 0.4) is 0 Å². The Balaban J connectivity index is 0.00000171. The number of nitrogens with zero attached hydrogens (tertiary/aromatic N) is 3. The number of rotatable bonds is 5. The number of piperidine rings is 1. The molecule has 8 heteroatoms. The fraction of sp³-hybridized carbons (Fsp3) is 0.391. The van der Waals surface area contributed by atoms with Gasteiger partial charge in [0.15, 0.2) is 0 Å². The monoisotopic (exact) mass is 464 g/mol. The number of hydrogen-bond acceptors (Lipinski definition) is 4. The number of benzene rings is 1. The predicted molar refractivity (Wildman–Crippen MR) is 127 cm³/mol. The van der Waals surface area contributed by atoms with Gasteiger partial charge in [-0.15, -0.1) is 24.8 Å². The van der Waals surface area contributed by atoms with E-state index in [0.717, 1.165) is 30.7 Å². The van der Waals surface area contributed by atoms with Crippen LogP contribution in [-0.4, -0.2) is 39.3 Å². The minimum absolute atomic E-state index is 0. The van der Waals surface area contributed by atoms with E-state index in [2.05, 4.69) is 18.8 Å². The molecular formula is C23H30Cl2N4O2. The summed E-state index contributed by atoms with van der Waals surface area (Å²) in [6, 6.07) is 11.5. The fourth-order valence-corrected chi connectivity index (χ4v) is 4.01. The van der Waals surface area contributed by atoms with Crippen LogP contribution in [0.1, 0.15) is 41.4 Å². The van der Waals surface area contributed by atoms with Gasteiger partial charge in [0.05, 0.1) is 5.69 Å². The molecule has 168 valence electrons. The lowest BCUT2D eigenvalue weighted by molar-refractivity contribution is 0.0573. The predicted octanol–water partition coefficient (Wildman–Crippen LogP) is 4.26. The molecule has 2 atom stereocenters. The molecule has 2 unspecified atom stereocenters. The van der Waals surface area contributed by atoms with Gasteiger partial charge < -0.3 is 19.8 Å². The molecule has 3 heterocycles. The Morgan fingerprint density at radius 1 is 1.23 bits per heavy atom. The highest BCUT2D eigenvalue weighted by molar-refractivity contribution is 5.95. The van der Waals surface area contributed by atoms with E-state index in [1.54, 1.807) is 0 Å². The van der Waals surface area contributed by atoms with Gasteiger partial charge in [0, 0.05) is 37.1 Å². The molecule has 0 bridgehead atoms. The summed E-state index contributed by atoms with van der Waals surface area (Å²) in [5.41, 5.74) is 9.49. The Kier molecular flexibility index (Phi) is 8.74. The van der Waals surface area contributed by atoms with E-state index in [1.807, 2.05) is 58.1 Å². The standard InChI is InChI=1S/C23H28N4O2.2ClH/c1-16-8-9-27(20(10-16)12-24)23(28)18-4-3-5-21(11-18)29-15-19-14-26-13-17(2)6-7-22(26)25-19;;/h3-7,11,13-14,16,20H,8-10,12,15,24H2,1-2H3;2*1H. The molecule has 6 nitrogen and oxygen atoms in total. The molecule has 2 N–H and O–H groups in total. The van der Waals surface area contributed by atoms with Crippen LogP contribution in [0.4, 0.5) is 0 Å². The van der Waals surface area contributed by atoms with Crippen LogP contribution in [0, 0.1) is 12.8 Å². The summed E-state index contributed by atoms with van der Waals surface area (Å²) in [7, 11) is 0. The summed E-state index contributed by atoms with van der Waals surface area (Å²) in [6.45, 7) is 5.88. The van der Waals surface area contributed by atoms with Crippen LogP contribution < -0.4 is 10.5 Å². The van der Waals surface area contributed by atoms with E-state index in [0.29, 0.717) is 30.4 Å². The molecule has 0 spiro atoms. The van der Waals surface area contributed by atoms with Gasteiger partial charge in [-0.3, -0.25) is 4.79 Å². The van der Waals surface area contributed by atoms with Gasteiger partial charge in [0.1, 0.15) is 18.0 Å². The van der Waals surface area contributed by atoms with Gasteiger partial charge in [-0.1, -0.05) is 19.1 Å². The maximum absolute atomic E-state index is 13.1. The second-order valence-electron chi connectivity index (χ2n) is 8.04. The van der Waals surface area contributed by atoms with Crippen molar-refractivity contribution in [1.29, 1.82) is 0 Å². The van der Waals surface area contributed by atoms with E-state index in [4.69, 9.17) is 10.5 Å². The fourth-order valence-electron chi connectivity index (χ4n) is 4.01. The van der Waals surface area contributed by atoms with Crippen molar-refractivity contribution in [2.75, 3.05) is 13.1 Å². The number of amides is 1. The third kappa shape index (κ3) is 5.70. The lowest BCUT2D eigenvalue weighted by Crippen LogP contribution is -2.49. The van der Waals surface area contributed by atoms with E-state index in [1.165, 1.54) is 5.56 Å². The highest BCUT2D eigenvalue weighted by Crippen LogP contribution is 2.25. The van der Waals surface area contributed by atoms with Crippen LogP contribution in [0.2, 0.25) is 0 Å². The van der Waals surface area contributed by atoms with Crippen molar-refractivity contribution in [3.05, 3.63) is 65.6 Å². The average Bonchev–Trinajstić information content (AvgIpc) is 3.14. The highest BCUT2D eigenvalue weighted by atomic mass is 35.5. The largest absolute Gasteiger partial charge is 0.487 e. The molecule has 1 aromatic carbocycles. The van der Waals surface area contributed by atoms with Crippen LogP contribution in [0.25, 0.3) is 5.65 Å². The maximum Gasteiger partial charge on any atom is 0.254 e. The third-order valence-electron chi connectivity index (χ3n) is 5.63. The first-order valence-corrected chi connectivity index (χ1v) is 10.2. The normalized spacial score (nSPS) is 18.2. The van der Waals surface area contributed by atoms with Crippen LogP contribution in [0.15, 0.2) is 48.8 Å². The molecule has 1 aliphatic rings. The number of nitrogens with two attached hydrogens (primary N) is 1. The first-order valence-electron chi connectivity index (χ1n) is 10.2. The molecule has 1 aliphatic heterocycles. The second kappa shape index (κ2) is 10.8. The average molecular weight is 465 g/mol. The zero-order valence-corrected chi connectivity index (χ0v) is 19.5. The molecule has 1 fully saturated rings. The lowest BCUT2D eigenvalue weighted by Gasteiger charge is -2.38. The van der Waals surface area contributed by atoms with Gasteiger partial charge in [-0.25, -0.2) is 4.98 Å². The number of fused-ring (bicyclic) bond motifs is 1. The number of halogens is 2. The summed E-state index contributed by atoms with van der Waals surface area (Å²) in [4.78, 5) is 19.5. The number of carbonyl (C=O) groups excluding carboxylic acids is 1. The second-order valence-corrected chi connectivity index (χ2v) is 8.04. The Morgan fingerprint density at radius 3 is 2.81 bits per heavy atom. The van der Waals surface area contributed by atoms with E-state index in [-0.39, 0.29) is 36.8 Å². The summed E-state index contributed by atoms with van der Waals surface area (Å²) in [5.74, 6) is 1.30. The summed E-state index contributed by atoms with van der Waals surface area (Å²) in [5, 5.41) is 0. The number of hydrogen-bond donors (Lipinski definition) is 1. The molecule has 31 heavy (non-hydrogen) atoms. The summed E-state index contributed by atoms with van der Waals surface area (Å²) < 4.78 is 7.93. The topological polar surface area (TPSA) is 72.9 Å². The first-order chi connectivity index (χ1) is 14.0. The summed E-state index contributed by atoms with van der Waals surface area (Å²) in [6.07, 6.45) is 5.99. The number of ether oxygens (including phenoxy) is 1. The number of carbonyl (C=O) groups is 1. The van der Waals surface area contributed by atoms with Crippen molar-refractivity contribution >= 4 is 36.4 Å². The molecule has 0 radical (unpaired) electrons. The molecule has 1 amide bonds. The van der Waals surface area contributed by atoms with Crippen molar-refractivity contribution in [1.82, 2.24) is 14.3 Å². The van der Waals surface area contributed by atoms with Crippen molar-refractivity contribution in [3.8, 4) is 5.75 Å². The Labute approximate surface area is 195 Å². The number of aryl methyl sites for hydroxylation is 1. The maximum atomic E-state index is 13.1. The zero-order chi connectivity index (χ0) is 20.4. The number of pyridine rings is 1. The Hall–Kier alpha value is -2.28. The third-order valence-corrected chi connectivity index (χ3v) is 5.63.